The van der Waals surface area contributed by atoms with E-state index < -0.39 is 0 Å². The maximum Gasteiger partial charge on any atom is 0.240 e. The van der Waals surface area contributed by atoms with Crippen LogP contribution in [0.15, 0.2) is 72.1 Å². The molecule has 0 unspecified atom stereocenters. The number of nitrogens with zero attached hydrogens (tertiary/aromatic N) is 3. The van der Waals surface area contributed by atoms with Gasteiger partial charge in [-0.3, -0.25) is 14.5 Å². The number of thiophene rings is 1. The lowest BCUT2D eigenvalue weighted by Crippen LogP contribution is -2.44. The van der Waals surface area contributed by atoms with Crippen molar-refractivity contribution in [3.63, 3.8) is 0 Å². The van der Waals surface area contributed by atoms with Crippen molar-refractivity contribution in [2.24, 2.45) is 0 Å². The standard InChI is InChI=1S/C29H30N4O3S2/c1-4-19(2)30-24(34)17-32-25(35)18-38-28(23-11-8-16-37-23)26-27(20-9-6-5-7-10-20)31-33(29(26)32)21-12-14-22(36-3)15-13-21/h5-16,19,28H,4,17-18H2,1-3H3,(H,30,34)/t19-,28+/m0/s1. The van der Waals surface area contributed by atoms with Crippen molar-refractivity contribution >= 4 is 40.7 Å². The number of thioether (sulfide) groups is 1. The van der Waals surface area contributed by atoms with E-state index in [0.29, 0.717) is 5.82 Å². The fourth-order valence-electron chi connectivity index (χ4n) is 4.46. The van der Waals surface area contributed by atoms with Gasteiger partial charge in [0.15, 0.2) is 0 Å². The van der Waals surface area contributed by atoms with Gasteiger partial charge in [0.05, 0.1) is 29.5 Å². The van der Waals surface area contributed by atoms with Gasteiger partial charge in [0.2, 0.25) is 11.8 Å². The minimum Gasteiger partial charge on any atom is -0.497 e. The summed E-state index contributed by atoms with van der Waals surface area (Å²) in [6, 6.07) is 21.7. The smallest absolute Gasteiger partial charge is 0.240 e. The minimum absolute atomic E-state index is 0.0173. The van der Waals surface area contributed by atoms with Crippen molar-refractivity contribution in [2.45, 2.75) is 31.6 Å². The third-order valence-electron chi connectivity index (χ3n) is 6.58. The van der Waals surface area contributed by atoms with Gasteiger partial charge in [-0.1, -0.05) is 43.3 Å². The lowest BCUT2D eigenvalue weighted by molar-refractivity contribution is -0.123. The third kappa shape index (κ3) is 5.21. The molecule has 0 fully saturated rings. The predicted octanol–water partition coefficient (Wildman–Crippen LogP) is 5.69. The topological polar surface area (TPSA) is 76.5 Å². The molecule has 2 atom stereocenters. The van der Waals surface area contributed by atoms with Crippen LogP contribution in [0, 0.1) is 0 Å². The number of methoxy groups -OCH3 is 1. The Balaban J connectivity index is 1.75. The summed E-state index contributed by atoms with van der Waals surface area (Å²) in [5.74, 6) is 1.29. The number of nitrogens with one attached hydrogen (secondary N) is 1. The van der Waals surface area contributed by atoms with E-state index in [0.717, 1.165) is 39.6 Å². The molecule has 0 spiro atoms. The number of anilines is 1. The Morgan fingerprint density at radius 1 is 1.13 bits per heavy atom. The number of fused-ring (bicyclic) bond motifs is 1. The van der Waals surface area contributed by atoms with Crippen LogP contribution < -0.4 is 15.0 Å². The summed E-state index contributed by atoms with van der Waals surface area (Å²) in [7, 11) is 1.63. The van der Waals surface area contributed by atoms with E-state index in [9.17, 15) is 9.59 Å². The maximum absolute atomic E-state index is 13.7. The van der Waals surface area contributed by atoms with E-state index in [1.807, 2.05) is 74.5 Å². The van der Waals surface area contributed by atoms with E-state index in [2.05, 4.69) is 16.8 Å². The number of benzene rings is 2. The summed E-state index contributed by atoms with van der Waals surface area (Å²) in [6.07, 6.45) is 0.809. The average molecular weight is 547 g/mol. The molecule has 0 aliphatic carbocycles. The molecule has 2 aromatic carbocycles. The average Bonchev–Trinajstić information content (AvgIpc) is 3.59. The molecular weight excluding hydrogens is 516 g/mol. The van der Waals surface area contributed by atoms with Crippen LogP contribution in [0.25, 0.3) is 16.9 Å². The van der Waals surface area contributed by atoms with Gasteiger partial charge in [0.1, 0.15) is 18.1 Å². The van der Waals surface area contributed by atoms with Gasteiger partial charge in [-0.05, 0) is 49.1 Å². The molecule has 0 saturated carbocycles. The number of hydrogen-bond donors (Lipinski definition) is 1. The Morgan fingerprint density at radius 3 is 2.55 bits per heavy atom. The largest absolute Gasteiger partial charge is 0.497 e. The molecule has 4 aromatic rings. The highest BCUT2D eigenvalue weighted by Gasteiger charge is 2.38. The van der Waals surface area contributed by atoms with Crippen LogP contribution in [0.1, 0.15) is 36.0 Å². The molecule has 7 nitrogen and oxygen atoms in total. The van der Waals surface area contributed by atoms with Gasteiger partial charge >= 0.3 is 0 Å². The molecule has 0 radical (unpaired) electrons. The zero-order valence-electron chi connectivity index (χ0n) is 21.6. The first-order valence-electron chi connectivity index (χ1n) is 12.6. The lowest BCUT2D eigenvalue weighted by Gasteiger charge is -2.24. The normalized spacial score (nSPS) is 16.0. The third-order valence-corrected chi connectivity index (χ3v) is 8.90. The molecule has 196 valence electrons. The molecule has 0 bridgehead atoms. The van der Waals surface area contributed by atoms with E-state index >= 15 is 0 Å². The maximum atomic E-state index is 13.7. The van der Waals surface area contributed by atoms with Gasteiger partial charge in [0.25, 0.3) is 0 Å². The van der Waals surface area contributed by atoms with E-state index in [-0.39, 0.29) is 35.4 Å². The Bertz CT molecular complexity index is 1400. The van der Waals surface area contributed by atoms with Gasteiger partial charge in [-0.2, -0.15) is 5.10 Å². The van der Waals surface area contributed by atoms with Crippen molar-refractivity contribution in [3.05, 3.63) is 82.6 Å². The zero-order valence-corrected chi connectivity index (χ0v) is 23.2. The summed E-state index contributed by atoms with van der Waals surface area (Å²) in [5.41, 5.74) is 3.46. The summed E-state index contributed by atoms with van der Waals surface area (Å²) in [6.45, 7) is 3.91. The fraction of sp³-hybridized carbons (Fsp3) is 0.276. The highest BCUT2D eigenvalue weighted by Crippen LogP contribution is 2.49. The molecule has 5 rings (SSSR count). The van der Waals surface area contributed by atoms with Crippen molar-refractivity contribution in [2.75, 3.05) is 24.3 Å². The fourth-order valence-corrected chi connectivity index (χ4v) is 6.64. The first-order valence-corrected chi connectivity index (χ1v) is 14.5. The van der Waals surface area contributed by atoms with Crippen molar-refractivity contribution in [3.8, 4) is 22.7 Å². The Labute approximate surface area is 230 Å². The Kier molecular flexibility index (Phi) is 7.85. The van der Waals surface area contributed by atoms with Gasteiger partial charge in [-0.25, -0.2) is 4.68 Å². The van der Waals surface area contributed by atoms with Crippen LogP contribution in [0.4, 0.5) is 5.82 Å². The molecular formula is C29H30N4O3S2. The van der Waals surface area contributed by atoms with Crippen LogP contribution in [-0.4, -0.2) is 47.0 Å². The first-order chi connectivity index (χ1) is 18.5. The summed E-state index contributed by atoms with van der Waals surface area (Å²) < 4.78 is 7.17. The Morgan fingerprint density at radius 2 is 1.89 bits per heavy atom. The first kappa shape index (κ1) is 26.1. The number of hydrogen-bond acceptors (Lipinski definition) is 6. The molecule has 1 aliphatic heterocycles. The van der Waals surface area contributed by atoms with Crippen LogP contribution in [0.3, 0.4) is 0 Å². The van der Waals surface area contributed by atoms with E-state index in [1.54, 1.807) is 39.8 Å². The van der Waals surface area contributed by atoms with Crippen LogP contribution >= 0.6 is 23.1 Å². The van der Waals surface area contributed by atoms with Crippen LogP contribution in [-0.2, 0) is 9.59 Å². The van der Waals surface area contributed by atoms with Crippen LogP contribution in [0.2, 0.25) is 0 Å². The van der Waals surface area contributed by atoms with E-state index in [4.69, 9.17) is 9.84 Å². The van der Waals surface area contributed by atoms with Crippen LogP contribution in [0.5, 0.6) is 5.75 Å². The lowest BCUT2D eigenvalue weighted by atomic mass is 10.0. The molecule has 38 heavy (non-hydrogen) atoms. The van der Waals surface area contributed by atoms with Gasteiger partial charge in [-0.15, -0.1) is 23.1 Å². The highest BCUT2D eigenvalue weighted by molar-refractivity contribution is 8.00. The summed E-state index contributed by atoms with van der Waals surface area (Å²) >= 11 is 3.24. The highest BCUT2D eigenvalue weighted by atomic mass is 32.2. The second-order valence-corrected chi connectivity index (χ2v) is 11.2. The monoisotopic (exact) mass is 546 g/mol. The van der Waals surface area contributed by atoms with Gasteiger partial charge < -0.3 is 10.1 Å². The molecule has 2 amide bonds. The number of aromatic nitrogens is 2. The molecule has 3 heterocycles. The van der Waals surface area contributed by atoms with E-state index in [1.165, 1.54) is 0 Å². The number of rotatable bonds is 8. The SMILES string of the molecule is CC[C@H](C)NC(=O)CN1C(=O)CS[C@H](c2cccs2)c2c(-c3ccccc3)nn(-c3ccc(OC)cc3)c21. The summed E-state index contributed by atoms with van der Waals surface area (Å²) in [4.78, 5) is 29.5. The number of carbonyl (C=O) groups is 2. The number of amides is 2. The second-order valence-electron chi connectivity index (χ2n) is 9.12. The summed E-state index contributed by atoms with van der Waals surface area (Å²) in [5, 5.41) is 10.1. The quantitative estimate of drug-likeness (QED) is 0.307. The molecule has 1 N–H and O–H groups in total. The minimum atomic E-state index is -0.193. The molecule has 0 saturated heterocycles. The number of ether oxygens (including phenoxy) is 1. The second kappa shape index (κ2) is 11.4. The molecule has 9 heteroatoms. The van der Waals surface area contributed by atoms with Crippen molar-refractivity contribution < 1.29 is 14.3 Å². The van der Waals surface area contributed by atoms with Crippen molar-refractivity contribution in [1.29, 1.82) is 0 Å². The molecule has 1 aliphatic rings. The predicted molar refractivity (Wildman–Crippen MR) is 154 cm³/mol. The zero-order chi connectivity index (χ0) is 26.6. The number of carbonyl (C=O) groups excluding carboxylic acids is 2. The molecule has 2 aromatic heterocycles. The van der Waals surface area contributed by atoms with Crippen molar-refractivity contribution in [1.82, 2.24) is 15.1 Å². The van der Waals surface area contributed by atoms with Gasteiger partial charge in [0, 0.05) is 22.0 Å². The Hall–Kier alpha value is -3.56.